The summed E-state index contributed by atoms with van der Waals surface area (Å²) in [6.45, 7) is 6.05. The summed E-state index contributed by atoms with van der Waals surface area (Å²) >= 11 is 6.26. The van der Waals surface area contributed by atoms with E-state index in [1.807, 2.05) is 43.1 Å². The Labute approximate surface area is 214 Å². The molecule has 2 aliphatic rings. The number of hydrogen-bond donors (Lipinski definition) is 3. The third-order valence-electron chi connectivity index (χ3n) is 6.86. The number of piperidine rings is 1. The highest BCUT2D eigenvalue weighted by molar-refractivity contribution is 6.30. The van der Waals surface area contributed by atoms with Crippen LogP contribution in [0.2, 0.25) is 5.02 Å². The molecule has 0 spiro atoms. The summed E-state index contributed by atoms with van der Waals surface area (Å²) in [6.07, 6.45) is 4.53. The number of carbonyl (C=O) groups is 2. The SMILES string of the molecule is CCNC(=O)COC(c1cccc(Cl)c1)[C@@H]1CCCN(C(=O)N[C@H](CNC)CC2CCOCC2)C1. The van der Waals surface area contributed by atoms with E-state index in [4.69, 9.17) is 21.1 Å². The third-order valence-corrected chi connectivity index (χ3v) is 7.09. The van der Waals surface area contributed by atoms with Gasteiger partial charge >= 0.3 is 6.03 Å². The first-order valence-electron chi connectivity index (χ1n) is 12.9. The molecule has 9 heteroatoms. The standard InChI is InChI=1S/C26H41ClN4O4/c1-3-29-24(32)18-35-25(20-6-4-8-22(27)15-20)21-7-5-11-31(17-21)26(33)30-23(16-28-2)14-19-9-12-34-13-10-19/h4,6,8,15,19,21,23,25,28H,3,5,7,9-14,16-18H2,1-2H3,(H,29,32)(H,30,33)/t21-,23+,25?/m1/s1. The molecule has 0 aliphatic carbocycles. The van der Waals surface area contributed by atoms with Crippen LogP contribution < -0.4 is 16.0 Å². The Hall–Kier alpha value is -1.87. The third kappa shape index (κ3) is 8.94. The van der Waals surface area contributed by atoms with Gasteiger partial charge in [0, 0.05) is 56.4 Å². The molecular weight excluding hydrogens is 468 g/mol. The van der Waals surface area contributed by atoms with Gasteiger partial charge in [0.05, 0.1) is 6.10 Å². The molecule has 0 radical (unpaired) electrons. The van der Waals surface area contributed by atoms with Gasteiger partial charge in [-0.15, -0.1) is 0 Å². The van der Waals surface area contributed by atoms with E-state index in [0.717, 1.165) is 57.4 Å². The first-order chi connectivity index (χ1) is 17.0. The van der Waals surface area contributed by atoms with E-state index in [9.17, 15) is 9.59 Å². The quantitative estimate of drug-likeness (QED) is 0.426. The zero-order valence-corrected chi connectivity index (χ0v) is 21.8. The van der Waals surface area contributed by atoms with Gasteiger partial charge in [-0.05, 0) is 69.7 Å². The number of likely N-dealkylation sites (tertiary alicyclic amines) is 1. The highest BCUT2D eigenvalue weighted by Gasteiger charge is 2.32. The van der Waals surface area contributed by atoms with Gasteiger partial charge in [0.25, 0.3) is 0 Å². The van der Waals surface area contributed by atoms with Crippen LogP contribution in [0.3, 0.4) is 0 Å². The van der Waals surface area contributed by atoms with Crippen molar-refractivity contribution in [3.63, 3.8) is 0 Å². The highest BCUT2D eigenvalue weighted by atomic mass is 35.5. The minimum atomic E-state index is -0.317. The molecule has 3 rings (SSSR count). The lowest BCUT2D eigenvalue weighted by Gasteiger charge is -2.38. The van der Waals surface area contributed by atoms with E-state index in [1.54, 1.807) is 0 Å². The van der Waals surface area contributed by atoms with Crippen LogP contribution in [0.1, 0.15) is 50.7 Å². The molecule has 196 valence electrons. The topological polar surface area (TPSA) is 91.9 Å². The van der Waals surface area contributed by atoms with Gasteiger partial charge in [-0.25, -0.2) is 4.79 Å². The Morgan fingerprint density at radius 3 is 2.77 bits per heavy atom. The van der Waals surface area contributed by atoms with Crippen molar-refractivity contribution in [3.8, 4) is 0 Å². The van der Waals surface area contributed by atoms with Gasteiger partial charge in [0.2, 0.25) is 5.91 Å². The van der Waals surface area contributed by atoms with Gasteiger partial charge in [-0.3, -0.25) is 4.79 Å². The van der Waals surface area contributed by atoms with E-state index >= 15 is 0 Å². The van der Waals surface area contributed by atoms with Crippen LogP contribution in [0.25, 0.3) is 0 Å². The molecule has 2 heterocycles. The van der Waals surface area contributed by atoms with Crippen molar-refractivity contribution in [1.29, 1.82) is 0 Å². The maximum Gasteiger partial charge on any atom is 0.317 e. The fourth-order valence-electron chi connectivity index (χ4n) is 5.13. The summed E-state index contributed by atoms with van der Waals surface area (Å²) < 4.78 is 11.6. The van der Waals surface area contributed by atoms with Gasteiger partial charge in [-0.1, -0.05) is 23.7 Å². The van der Waals surface area contributed by atoms with Crippen molar-refractivity contribution >= 4 is 23.5 Å². The zero-order chi connectivity index (χ0) is 25.0. The molecule has 2 fully saturated rings. The summed E-state index contributed by atoms with van der Waals surface area (Å²) in [4.78, 5) is 27.3. The molecule has 3 N–H and O–H groups in total. The fourth-order valence-corrected chi connectivity index (χ4v) is 5.33. The van der Waals surface area contributed by atoms with E-state index in [0.29, 0.717) is 30.6 Å². The van der Waals surface area contributed by atoms with Crippen LogP contribution in [-0.2, 0) is 14.3 Å². The minimum absolute atomic E-state index is 0.0247. The first-order valence-corrected chi connectivity index (χ1v) is 13.3. The smallest absolute Gasteiger partial charge is 0.317 e. The van der Waals surface area contributed by atoms with Gasteiger partial charge < -0.3 is 30.3 Å². The average Bonchev–Trinajstić information content (AvgIpc) is 2.85. The second-order valence-electron chi connectivity index (χ2n) is 9.58. The van der Waals surface area contributed by atoms with Crippen LogP contribution in [0.15, 0.2) is 24.3 Å². The summed E-state index contributed by atoms with van der Waals surface area (Å²) in [5.41, 5.74) is 0.932. The zero-order valence-electron chi connectivity index (χ0n) is 21.1. The lowest BCUT2D eigenvalue weighted by Crippen LogP contribution is -2.52. The van der Waals surface area contributed by atoms with E-state index in [-0.39, 0.29) is 36.6 Å². The second-order valence-corrected chi connectivity index (χ2v) is 10.0. The molecule has 3 atom stereocenters. The first kappa shape index (κ1) is 27.7. The molecule has 35 heavy (non-hydrogen) atoms. The van der Waals surface area contributed by atoms with E-state index in [1.165, 1.54) is 0 Å². The number of likely N-dealkylation sites (N-methyl/N-ethyl adjacent to an activating group) is 2. The second kappa shape index (κ2) is 14.6. The Balaban J connectivity index is 1.64. The molecule has 0 aromatic heterocycles. The molecule has 2 saturated heterocycles. The number of urea groups is 1. The van der Waals surface area contributed by atoms with Gasteiger partial charge in [0.15, 0.2) is 0 Å². The summed E-state index contributed by atoms with van der Waals surface area (Å²) in [5.74, 6) is 0.500. The Morgan fingerprint density at radius 1 is 1.26 bits per heavy atom. The monoisotopic (exact) mass is 508 g/mol. The summed E-state index contributed by atoms with van der Waals surface area (Å²) in [6, 6.07) is 7.63. The van der Waals surface area contributed by atoms with Gasteiger partial charge in [-0.2, -0.15) is 0 Å². The number of amides is 3. The number of ether oxygens (including phenoxy) is 2. The van der Waals surface area contributed by atoms with Crippen molar-refractivity contribution in [1.82, 2.24) is 20.9 Å². The van der Waals surface area contributed by atoms with Crippen LogP contribution in [0.5, 0.6) is 0 Å². The van der Waals surface area contributed by atoms with Crippen molar-refractivity contribution in [2.45, 2.75) is 51.2 Å². The Bertz CT molecular complexity index is 805. The molecule has 1 aromatic carbocycles. The number of rotatable bonds is 11. The molecule has 1 unspecified atom stereocenters. The van der Waals surface area contributed by atoms with Crippen LogP contribution >= 0.6 is 11.6 Å². The molecule has 8 nitrogen and oxygen atoms in total. The number of halogens is 1. The number of benzene rings is 1. The number of hydrogen-bond acceptors (Lipinski definition) is 5. The minimum Gasteiger partial charge on any atom is -0.381 e. The lowest BCUT2D eigenvalue weighted by molar-refractivity contribution is -0.129. The van der Waals surface area contributed by atoms with Crippen LogP contribution in [-0.4, -0.2) is 75.9 Å². The average molecular weight is 509 g/mol. The molecular formula is C26H41ClN4O4. The molecule has 2 aliphatic heterocycles. The fraction of sp³-hybridized carbons (Fsp3) is 0.692. The van der Waals surface area contributed by atoms with Crippen molar-refractivity contribution in [2.75, 3.05) is 53.0 Å². The number of nitrogens with one attached hydrogen (secondary N) is 3. The van der Waals surface area contributed by atoms with Crippen molar-refractivity contribution < 1.29 is 19.1 Å². The predicted molar refractivity (Wildman–Crippen MR) is 138 cm³/mol. The molecule has 0 saturated carbocycles. The Kier molecular flexibility index (Phi) is 11.6. The maximum atomic E-state index is 13.3. The molecule has 0 bridgehead atoms. The molecule has 3 amide bonds. The van der Waals surface area contributed by atoms with Crippen LogP contribution in [0, 0.1) is 11.8 Å². The lowest BCUT2D eigenvalue weighted by atomic mass is 9.88. The number of carbonyl (C=O) groups excluding carboxylic acids is 2. The molecule has 1 aromatic rings. The van der Waals surface area contributed by atoms with Crippen molar-refractivity contribution in [2.24, 2.45) is 11.8 Å². The number of nitrogens with zero attached hydrogens (tertiary/aromatic N) is 1. The summed E-state index contributed by atoms with van der Waals surface area (Å²) in [7, 11) is 1.92. The summed E-state index contributed by atoms with van der Waals surface area (Å²) in [5, 5.41) is 9.90. The Morgan fingerprint density at radius 2 is 2.06 bits per heavy atom. The van der Waals surface area contributed by atoms with Crippen LogP contribution in [0.4, 0.5) is 4.79 Å². The van der Waals surface area contributed by atoms with Gasteiger partial charge in [0.1, 0.15) is 6.61 Å². The predicted octanol–water partition coefficient (Wildman–Crippen LogP) is 3.36. The largest absolute Gasteiger partial charge is 0.381 e. The van der Waals surface area contributed by atoms with Crippen molar-refractivity contribution in [3.05, 3.63) is 34.9 Å². The normalized spacial score (nSPS) is 20.8. The van der Waals surface area contributed by atoms with E-state index in [2.05, 4.69) is 16.0 Å². The highest BCUT2D eigenvalue weighted by Crippen LogP contribution is 2.34. The van der Waals surface area contributed by atoms with E-state index < -0.39 is 0 Å². The maximum absolute atomic E-state index is 13.3.